The number of hydrogen-bond acceptors (Lipinski definition) is 7. The van der Waals surface area contributed by atoms with Gasteiger partial charge >= 0.3 is 11.9 Å². The number of halogens is 1. The first kappa shape index (κ1) is 33.6. The Labute approximate surface area is 281 Å². The fourth-order valence-corrected chi connectivity index (χ4v) is 5.06. The Balaban J connectivity index is 1.37. The predicted molar refractivity (Wildman–Crippen MR) is 188 cm³/mol. The van der Waals surface area contributed by atoms with Crippen LogP contribution in [0.25, 0.3) is 22.3 Å². The van der Waals surface area contributed by atoms with Gasteiger partial charge in [0.2, 0.25) is 11.8 Å². The van der Waals surface area contributed by atoms with Gasteiger partial charge in [0.1, 0.15) is 11.5 Å². The Kier molecular flexibility index (Phi) is 11.4. The van der Waals surface area contributed by atoms with Gasteiger partial charge in [-0.2, -0.15) is 0 Å². The van der Waals surface area contributed by atoms with Crippen LogP contribution in [0.3, 0.4) is 0 Å². The van der Waals surface area contributed by atoms with Gasteiger partial charge in [-0.3, -0.25) is 15.0 Å². The summed E-state index contributed by atoms with van der Waals surface area (Å²) in [4.78, 5) is 36.3. The zero-order valence-electron chi connectivity index (χ0n) is 25.1. The summed E-state index contributed by atoms with van der Waals surface area (Å²) < 4.78 is 17.3. The molecule has 0 saturated carbocycles. The van der Waals surface area contributed by atoms with E-state index in [1.165, 1.54) is 6.08 Å². The highest BCUT2D eigenvalue weighted by atomic mass is 127. The second kappa shape index (κ2) is 15.6. The quantitative estimate of drug-likeness (QED) is 0.0379. The fraction of sp³-hybridized carbons (Fsp3) is 0.0811. The number of benzene rings is 4. The fourth-order valence-electron chi connectivity index (χ4n) is 4.23. The second-order valence-electron chi connectivity index (χ2n) is 10.1. The number of rotatable bonds is 12. The van der Waals surface area contributed by atoms with E-state index in [2.05, 4.69) is 53.7 Å². The lowest BCUT2D eigenvalue weighted by Crippen LogP contribution is -2.12. The number of amides is 1. The summed E-state index contributed by atoms with van der Waals surface area (Å²) in [5.74, 6) is -0.312. The molecule has 0 spiro atoms. The summed E-state index contributed by atoms with van der Waals surface area (Å²) in [7, 11) is 0. The third kappa shape index (κ3) is 9.12. The molecule has 0 fully saturated rings. The van der Waals surface area contributed by atoms with Gasteiger partial charge in [-0.15, -0.1) is 0 Å². The number of carbonyl (C=O) groups is 3. The molecule has 46 heavy (non-hydrogen) atoms. The van der Waals surface area contributed by atoms with E-state index in [0.717, 1.165) is 37.5 Å². The van der Waals surface area contributed by atoms with Crippen LogP contribution < -0.4 is 19.5 Å². The zero-order valence-corrected chi connectivity index (χ0v) is 27.3. The maximum Gasteiger partial charge on any atom is 0.338 e. The van der Waals surface area contributed by atoms with Crippen LogP contribution in [-0.2, 0) is 20.8 Å². The Morgan fingerprint density at radius 1 is 0.804 bits per heavy atom. The Morgan fingerprint density at radius 3 is 2.04 bits per heavy atom. The molecule has 0 radical (unpaired) electrons. The van der Waals surface area contributed by atoms with Gasteiger partial charge in [-0.25, -0.2) is 4.79 Å². The third-order valence-corrected chi connectivity index (χ3v) is 7.52. The van der Waals surface area contributed by atoms with Crippen LogP contribution >= 0.6 is 22.6 Å². The number of esters is 2. The van der Waals surface area contributed by atoms with Gasteiger partial charge in [0, 0.05) is 15.6 Å². The zero-order chi connectivity index (χ0) is 33.2. The summed E-state index contributed by atoms with van der Waals surface area (Å²) in [6.45, 7) is 12.1. The van der Waals surface area contributed by atoms with Crippen molar-refractivity contribution in [2.45, 2.75) is 19.8 Å². The van der Waals surface area contributed by atoms with E-state index in [-0.39, 0.29) is 18.1 Å². The van der Waals surface area contributed by atoms with E-state index >= 15 is 0 Å². The standard InChI is InChI=1S/C37H31IN2O6/c1-5-34(39)46-33-19-7-24(21-32(33)40-35(41)6-2)8-20-36(42)44-28-16-11-26(12-17-28)30-18-13-27(22-31(30)38)25-9-14-29(15-10-25)45-37(43)23(3)4/h5-7,9-19,21-22,39H,1-3,8,20H2,4H3,(H,40,41). The average Bonchev–Trinajstić information content (AvgIpc) is 3.05. The molecule has 4 aromatic carbocycles. The molecule has 2 N–H and O–H groups in total. The number of aryl methyl sites for hydroxylation is 1. The molecule has 0 aromatic heterocycles. The molecular formula is C37H31IN2O6. The van der Waals surface area contributed by atoms with E-state index in [1.807, 2.05) is 36.4 Å². The number of nitrogens with one attached hydrogen (secondary N) is 2. The van der Waals surface area contributed by atoms with Gasteiger partial charge in [-0.1, -0.05) is 62.2 Å². The summed E-state index contributed by atoms with van der Waals surface area (Å²) in [5, 5.41) is 10.3. The van der Waals surface area contributed by atoms with Crippen LogP contribution in [0.4, 0.5) is 5.69 Å². The normalized spacial score (nSPS) is 10.3. The van der Waals surface area contributed by atoms with Crippen LogP contribution in [0.5, 0.6) is 17.2 Å². The lowest BCUT2D eigenvalue weighted by atomic mass is 10.0. The second-order valence-corrected chi connectivity index (χ2v) is 11.2. The SMILES string of the molecule is C=CC(=N)Oc1ccc(CCC(=O)Oc2ccc(-c3ccc(-c4ccc(OC(=O)C(=C)C)cc4)cc3I)cc2)cc1NC(=O)C=C. The van der Waals surface area contributed by atoms with Gasteiger partial charge in [0.05, 0.1) is 5.69 Å². The lowest BCUT2D eigenvalue weighted by Gasteiger charge is -2.13. The minimum absolute atomic E-state index is 0.107. The number of hydrogen-bond donors (Lipinski definition) is 2. The molecule has 0 aliphatic carbocycles. The van der Waals surface area contributed by atoms with Gasteiger partial charge in [0.25, 0.3) is 0 Å². The van der Waals surface area contributed by atoms with E-state index in [4.69, 9.17) is 19.6 Å². The summed E-state index contributed by atoms with van der Waals surface area (Å²) in [6, 6.07) is 25.8. The minimum atomic E-state index is -0.459. The molecule has 4 rings (SSSR count). The lowest BCUT2D eigenvalue weighted by molar-refractivity contribution is -0.134. The van der Waals surface area contributed by atoms with Crippen LogP contribution in [0, 0.1) is 8.98 Å². The molecule has 0 atom stereocenters. The first-order chi connectivity index (χ1) is 22.1. The molecular weight excluding hydrogens is 695 g/mol. The Morgan fingerprint density at radius 2 is 1.43 bits per heavy atom. The van der Waals surface area contributed by atoms with Crippen molar-refractivity contribution in [1.29, 1.82) is 5.41 Å². The van der Waals surface area contributed by atoms with Crippen molar-refractivity contribution in [2.75, 3.05) is 5.32 Å². The highest BCUT2D eigenvalue weighted by molar-refractivity contribution is 14.1. The Hall–Kier alpha value is -5.29. The van der Waals surface area contributed by atoms with Crippen molar-refractivity contribution in [3.05, 3.63) is 132 Å². The van der Waals surface area contributed by atoms with Crippen molar-refractivity contribution in [2.24, 2.45) is 0 Å². The van der Waals surface area contributed by atoms with Crippen molar-refractivity contribution in [3.63, 3.8) is 0 Å². The molecule has 0 unspecified atom stereocenters. The minimum Gasteiger partial charge on any atom is -0.437 e. The van der Waals surface area contributed by atoms with Crippen molar-refractivity contribution >= 4 is 52.0 Å². The highest BCUT2D eigenvalue weighted by Gasteiger charge is 2.13. The van der Waals surface area contributed by atoms with Gasteiger partial charge < -0.3 is 19.5 Å². The van der Waals surface area contributed by atoms with Crippen molar-refractivity contribution in [3.8, 4) is 39.5 Å². The van der Waals surface area contributed by atoms with E-state index in [0.29, 0.717) is 29.2 Å². The molecule has 4 aromatic rings. The smallest absolute Gasteiger partial charge is 0.338 e. The highest BCUT2D eigenvalue weighted by Crippen LogP contribution is 2.32. The number of anilines is 1. The molecule has 0 heterocycles. The molecule has 8 nitrogen and oxygen atoms in total. The van der Waals surface area contributed by atoms with E-state index < -0.39 is 17.8 Å². The molecule has 0 saturated heterocycles. The largest absolute Gasteiger partial charge is 0.437 e. The maximum absolute atomic E-state index is 12.6. The van der Waals surface area contributed by atoms with Crippen LogP contribution in [0.1, 0.15) is 18.9 Å². The summed E-state index contributed by atoms with van der Waals surface area (Å²) in [6.07, 6.45) is 2.83. The monoisotopic (exact) mass is 726 g/mol. The molecule has 232 valence electrons. The van der Waals surface area contributed by atoms with Crippen LogP contribution in [0.15, 0.2) is 122 Å². The third-order valence-electron chi connectivity index (χ3n) is 6.62. The first-order valence-electron chi connectivity index (χ1n) is 14.1. The first-order valence-corrected chi connectivity index (χ1v) is 15.2. The van der Waals surface area contributed by atoms with Crippen molar-refractivity contribution < 1.29 is 28.6 Å². The van der Waals surface area contributed by atoms with Gasteiger partial charge in [0.15, 0.2) is 5.75 Å². The number of carbonyl (C=O) groups excluding carboxylic acids is 3. The van der Waals surface area contributed by atoms with E-state index in [1.54, 1.807) is 49.4 Å². The van der Waals surface area contributed by atoms with Crippen LogP contribution in [0.2, 0.25) is 0 Å². The molecule has 9 heteroatoms. The molecule has 1 amide bonds. The average molecular weight is 727 g/mol. The Bertz CT molecular complexity index is 1830. The molecule has 0 aliphatic rings. The number of ether oxygens (including phenoxy) is 3. The maximum atomic E-state index is 12.6. The van der Waals surface area contributed by atoms with Crippen molar-refractivity contribution in [1.82, 2.24) is 0 Å². The molecule has 0 aliphatic heterocycles. The molecule has 0 bridgehead atoms. The van der Waals surface area contributed by atoms with E-state index in [9.17, 15) is 14.4 Å². The van der Waals surface area contributed by atoms with Gasteiger partial charge in [-0.05, 0) is 118 Å². The summed E-state index contributed by atoms with van der Waals surface area (Å²) >= 11 is 2.30. The summed E-state index contributed by atoms with van der Waals surface area (Å²) in [5.41, 5.74) is 5.46. The topological polar surface area (TPSA) is 115 Å². The van der Waals surface area contributed by atoms with Crippen LogP contribution in [-0.4, -0.2) is 23.7 Å². The predicted octanol–water partition coefficient (Wildman–Crippen LogP) is 8.31.